The third-order valence-electron chi connectivity index (χ3n) is 3.64. The van der Waals surface area contributed by atoms with E-state index in [0.717, 1.165) is 43.6 Å². The summed E-state index contributed by atoms with van der Waals surface area (Å²) in [6.07, 6.45) is 23.4. The number of carbonyl (C=O) groups is 1. The summed E-state index contributed by atoms with van der Waals surface area (Å²) in [5.74, 6) is 0.821. The standard InChI is InChI=1S/C18H19O2.C5H5.Fe/c1-2-3-14-20-17-11-9-16(10-12-17)18(19)13-8-15-6-4-5-7-15;1-2-4-5-3-1;/h6-13H,2-4,14H2,1H3;1-3H,4H2;/q2*-1;+2/b13-8+;;. The first-order valence-corrected chi connectivity index (χ1v) is 8.73. The zero-order valence-corrected chi connectivity index (χ0v) is 16.2. The molecule has 0 saturated carbocycles. The molecule has 0 fully saturated rings. The third kappa shape index (κ3) is 8.33. The van der Waals surface area contributed by atoms with Crippen molar-refractivity contribution in [1.29, 1.82) is 0 Å². The van der Waals surface area contributed by atoms with Crippen LogP contribution in [0.5, 0.6) is 5.75 Å². The molecule has 3 rings (SSSR count). The number of carbonyl (C=O) groups excluding carboxylic acids is 1. The summed E-state index contributed by atoms with van der Waals surface area (Å²) in [7, 11) is 0. The second-order valence-electron chi connectivity index (χ2n) is 5.68. The second-order valence-corrected chi connectivity index (χ2v) is 5.68. The van der Waals surface area contributed by atoms with E-state index in [1.807, 2.05) is 42.5 Å². The van der Waals surface area contributed by atoms with E-state index < -0.39 is 0 Å². The first-order valence-electron chi connectivity index (χ1n) is 8.73. The second kappa shape index (κ2) is 13.2. The maximum Gasteiger partial charge on any atom is 2.00 e. The zero-order valence-electron chi connectivity index (χ0n) is 15.1. The Hall–Kier alpha value is -2.09. The quantitative estimate of drug-likeness (QED) is 0.200. The predicted molar refractivity (Wildman–Crippen MR) is 102 cm³/mol. The Bertz CT molecular complexity index is 681. The molecule has 1 aromatic carbocycles. The Balaban J connectivity index is 0.000000486. The number of hydrogen-bond acceptors (Lipinski definition) is 2. The molecule has 0 aromatic heterocycles. The van der Waals surface area contributed by atoms with Crippen molar-refractivity contribution in [2.24, 2.45) is 0 Å². The summed E-state index contributed by atoms with van der Waals surface area (Å²) in [5, 5.41) is 0. The van der Waals surface area contributed by atoms with Crippen molar-refractivity contribution in [1.82, 2.24) is 0 Å². The van der Waals surface area contributed by atoms with Gasteiger partial charge in [-0.05, 0) is 36.8 Å². The molecule has 0 saturated heterocycles. The SMILES string of the molecule is CCCCOc1ccc(C(=O)/C=C/C2=CC[C-]=C2)cc1.[C-]1=CC=CC1.[Fe+2]. The molecule has 136 valence electrons. The summed E-state index contributed by atoms with van der Waals surface area (Å²) in [5.41, 5.74) is 1.72. The molecule has 2 aliphatic rings. The maximum atomic E-state index is 12.0. The number of hydrogen-bond donors (Lipinski definition) is 0. The Labute approximate surface area is 167 Å². The van der Waals surface area contributed by atoms with Crippen LogP contribution in [0.15, 0.2) is 72.4 Å². The van der Waals surface area contributed by atoms with Crippen LogP contribution in [0.2, 0.25) is 0 Å². The number of benzene rings is 1. The van der Waals surface area contributed by atoms with Crippen molar-refractivity contribution >= 4 is 5.78 Å². The van der Waals surface area contributed by atoms with Crippen molar-refractivity contribution in [2.45, 2.75) is 32.6 Å². The first kappa shape index (κ1) is 22.0. The van der Waals surface area contributed by atoms with Crippen LogP contribution < -0.4 is 4.74 Å². The van der Waals surface area contributed by atoms with Crippen LogP contribution in [0.25, 0.3) is 0 Å². The molecule has 0 radical (unpaired) electrons. The minimum Gasteiger partial charge on any atom is -0.494 e. The summed E-state index contributed by atoms with van der Waals surface area (Å²) in [6.45, 7) is 2.85. The van der Waals surface area contributed by atoms with Crippen molar-refractivity contribution < 1.29 is 26.6 Å². The van der Waals surface area contributed by atoms with E-state index in [2.05, 4.69) is 25.2 Å². The molecule has 0 amide bonds. The molecule has 0 unspecified atom stereocenters. The maximum absolute atomic E-state index is 12.0. The number of allylic oxidation sites excluding steroid dienone is 10. The minimum absolute atomic E-state index is 0. The Morgan fingerprint density at radius 1 is 1.19 bits per heavy atom. The van der Waals surface area contributed by atoms with Gasteiger partial charge in [0.2, 0.25) is 0 Å². The summed E-state index contributed by atoms with van der Waals surface area (Å²) < 4.78 is 5.57. The Kier molecular flexibility index (Phi) is 11.1. The number of unbranched alkanes of at least 4 members (excludes halogenated alkanes) is 1. The van der Waals surface area contributed by atoms with Gasteiger partial charge in [-0.1, -0.05) is 13.3 Å². The van der Waals surface area contributed by atoms with Crippen molar-refractivity contribution in [2.75, 3.05) is 6.61 Å². The molecule has 3 heteroatoms. The van der Waals surface area contributed by atoms with Crippen LogP contribution in [0, 0.1) is 12.2 Å². The van der Waals surface area contributed by atoms with Gasteiger partial charge in [0, 0.05) is 5.56 Å². The van der Waals surface area contributed by atoms with E-state index in [4.69, 9.17) is 4.74 Å². The molecule has 0 heterocycles. The molecule has 2 nitrogen and oxygen atoms in total. The van der Waals surface area contributed by atoms with Crippen LogP contribution >= 0.6 is 0 Å². The van der Waals surface area contributed by atoms with Gasteiger partial charge in [0.15, 0.2) is 5.78 Å². The van der Waals surface area contributed by atoms with Gasteiger partial charge >= 0.3 is 17.1 Å². The van der Waals surface area contributed by atoms with Gasteiger partial charge in [0.05, 0.1) is 6.61 Å². The fraction of sp³-hybridized carbons (Fsp3) is 0.261. The van der Waals surface area contributed by atoms with Gasteiger partial charge < -0.3 is 4.74 Å². The van der Waals surface area contributed by atoms with Gasteiger partial charge in [0.1, 0.15) is 5.75 Å². The van der Waals surface area contributed by atoms with Gasteiger partial charge in [-0.2, -0.15) is 17.7 Å². The van der Waals surface area contributed by atoms with Gasteiger partial charge in [-0.25, -0.2) is 18.2 Å². The predicted octanol–water partition coefficient (Wildman–Crippen LogP) is 5.60. The van der Waals surface area contributed by atoms with Crippen molar-refractivity contribution in [3.8, 4) is 5.75 Å². The first-order chi connectivity index (χ1) is 12.3. The topological polar surface area (TPSA) is 26.3 Å². The van der Waals surface area contributed by atoms with Crippen molar-refractivity contribution in [3.63, 3.8) is 0 Å². The number of rotatable bonds is 7. The normalized spacial score (nSPS) is 14.0. The monoisotopic (exact) mass is 388 g/mol. The third-order valence-corrected chi connectivity index (χ3v) is 3.64. The summed E-state index contributed by atoms with van der Waals surface area (Å²) in [6, 6.07) is 7.30. The molecule has 0 atom stereocenters. The largest absolute Gasteiger partial charge is 2.00 e. The summed E-state index contributed by atoms with van der Waals surface area (Å²) >= 11 is 0. The van der Waals surface area contributed by atoms with Gasteiger partial charge in [0.25, 0.3) is 0 Å². The van der Waals surface area contributed by atoms with E-state index in [1.54, 1.807) is 18.2 Å². The molecule has 2 aliphatic carbocycles. The minimum atomic E-state index is 0. The molecular formula is C23H24FeO2. The molecule has 26 heavy (non-hydrogen) atoms. The molecule has 1 aromatic rings. The Morgan fingerprint density at radius 2 is 2.00 bits per heavy atom. The van der Waals surface area contributed by atoms with Crippen LogP contribution in [0.1, 0.15) is 43.0 Å². The van der Waals surface area contributed by atoms with Crippen LogP contribution in [0.4, 0.5) is 0 Å². The number of ether oxygens (including phenoxy) is 1. The van der Waals surface area contributed by atoms with Gasteiger partial charge in [-0.3, -0.25) is 16.9 Å². The molecule has 0 N–H and O–H groups in total. The van der Waals surface area contributed by atoms with Crippen molar-refractivity contribution in [3.05, 3.63) is 90.1 Å². The van der Waals surface area contributed by atoms with Crippen LogP contribution in [-0.2, 0) is 17.1 Å². The summed E-state index contributed by atoms with van der Waals surface area (Å²) in [4.78, 5) is 12.0. The van der Waals surface area contributed by atoms with Gasteiger partial charge in [-0.15, -0.1) is 18.9 Å². The van der Waals surface area contributed by atoms with E-state index in [-0.39, 0.29) is 22.9 Å². The molecule has 0 bridgehead atoms. The zero-order chi connectivity index (χ0) is 17.7. The van der Waals surface area contributed by atoms with Crippen LogP contribution in [0.3, 0.4) is 0 Å². The van der Waals surface area contributed by atoms with E-state index >= 15 is 0 Å². The Morgan fingerprint density at radius 3 is 2.54 bits per heavy atom. The molecule has 0 spiro atoms. The van der Waals surface area contributed by atoms with E-state index in [9.17, 15) is 4.79 Å². The fourth-order valence-corrected chi connectivity index (χ4v) is 2.19. The number of ketones is 1. The van der Waals surface area contributed by atoms with E-state index in [0.29, 0.717) is 5.56 Å². The van der Waals surface area contributed by atoms with E-state index in [1.165, 1.54) is 0 Å². The smallest absolute Gasteiger partial charge is 0.494 e. The molecular weight excluding hydrogens is 364 g/mol. The van der Waals surface area contributed by atoms with Crippen LogP contribution in [-0.4, -0.2) is 12.4 Å². The average molecular weight is 388 g/mol. The molecule has 0 aliphatic heterocycles. The fourth-order valence-electron chi connectivity index (χ4n) is 2.19. The average Bonchev–Trinajstić information content (AvgIpc) is 3.37.